The predicted octanol–water partition coefficient (Wildman–Crippen LogP) is 2.48. The highest BCUT2D eigenvalue weighted by atomic mass is 35.5. The summed E-state index contributed by atoms with van der Waals surface area (Å²) in [7, 11) is 0. The lowest BCUT2D eigenvalue weighted by Gasteiger charge is -2.15. The van der Waals surface area contributed by atoms with Crippen LogP contribution in [0.25, 0.3) is 0 Å². The number of carbonyl (C=O) groups is 2. The van der Waals surface area contributed by atoms with Crippen molar-refractivity contribution in [2.75, 3.05) is 19.7 Å². The molecule has 1 aromatic heterocycles. The third kappa shape index (κ3) is 4.76. The second kappa shape index (κ2) is 8.07. The summed E-state index contributed by atoms with van der Waals surface area (Å²) in [6, 6.07) is 10.7. The van der Waals surface area contributed by atoms with Gasteiger partial charge in [-0.1, -0.05) is 17.7 Å². The van der Waals surface area contributed by atoms with Gasteiger partial charge >= 0.3 is 0 Å². The van der Waals surface area contributed by atoms with E-state index < -0.39 is 0 Å². The lowest BCUT2D eigenvalue weighted by Crippen LogP contribution is -2.35. The number of rotatable bonds is 7. The van der Waals surface area contributed by atoms with Gasteiger partial charge in [-0.2, -0.15) is 0 Å². The van der Waals surface area contributed by atoms with Crippen LogP contribution in [0.15, 0.2) is 47.1 Å². The third-order valence-electron chi connectivity index (χ3n) is 3.98. The lowest BCUT2D eigenvalue weighted by molar-refractivity contribution is -0.129. The molecule has 7 heteroatoms. The fraction of sp³-hybridized carbons (Fsp3) is 0.333. The Labute approximate surface area is 150 Å². The summed E-state index contributed by atoms with van der Waals surface area (Å²) < 4.78 is 10.8. The van der Waals surface area contributed by atoms with Crippen LogP contribution in [0.3, 0.4) is 0 Å². The Bertz CT molecular complexity index is 732. The van der Waals surface area contributed by atoms with Crippen LogP contribution in [0.2, 0.25) is 5.02 Å². The molecule has 1 N–H and O–H groups in total. The number of likely N-dealkylation sites (tertiary alicyclic amines) is 1. The van der Waals surface area contributed by atoms with Gasteiger partial charge in [-0.05, 0) is 30.3 Å². The van der Waals surface area contributed by atoms with E-state index in [4.69, 9.17) is 20.8 Å². The van der Waals surface area contributed by atoms with Gasteiger partial charge in [-0.25, -0.2) is 0 Å². The normalized spacial score (nSPS) is 16.9. The Hall–Kier alpha value is -2.47. The quantitative estimate of drug-likeness (QED) is 0.768. The van der Waals surface area contributed by atoms with Gasteiger partial charge in [0.05, 0.1) is 25.3 Å². The minimum absolute atomic E-state index is 0.0354. The topological polar surface area (TPSA) is 71.8 Å². The molecule has 2 aromatic rings. The fourth-order valence-electron chi connectivity index (χ4n) is 2.74. The fourth-order valence-corrected chi connectivity index (χ4v) is 2.92. The first-order chi connectivity index (χ1) is 12.1. The van der Waals surface area contributed by atoms with Gasteiger partial charge in [-0.15, -0.1) is 0 Å². The van der Waals surface area contributed by atoms with Crippen LogP contribution >= 0.6 is 11.6 Å². The summed E-state index contributed by atoms with van der Waals surface area (Å²) in [5.41, 5.74) is 0. The first kappa shape index (κ1) is 17.4. The molecule has 1 saturated heterocycles. The summed E-state index contributed by atoms with van der Waals surface area (Å²) in [6.45, 7) is 1.51. The van der Waals surface area contributed by atoms with E-state index in [1.54, 1.807) is 41.5 Å². The molecule has 0 aliphatic carbocycles. The minimum atomic E-state index is -0.339. The van der Waals surface area contributed by atoms with E-state index in [0.717, 1.165) is 0 Å². The average molecular weight is 363 g/mol. The SMILES string of the molecule is O=C(NCCOc1cccc(Cl)c1)C1CC(=O)N(Cc2ccco2)C1. The van der Waals surface area contributed by atoms with E-state index in [0.29, 0.717) is 42.8 Å². The summed E-state index contributed by atoms with van der Waals surface area (Å²) in [5, 5.41) is 3.41. The number of hydrogen-bond donors (Lipinski definition) is 1. The van der Waals surface area contributed by atoms with E-state index in [2.05, 4.69) is 5.32 Å². The van der Waals surface area contributed by atoms with Gasteiger partial charge in [0, 0.05) is 18.0 Å². The van der Waals surface area contributed by atoms with E-state index in [9.17, 15) is 9.59 Å². The number of halogens is 1. The van der Waals surface area contributed by atoms with E-state index in [1.807, 2.05) is 6.07 Å². The summed E-state index contributed by atoms with van der Waals surface area (Å²) in [4.78, 5) is 25.9. The number of amides is 2. The van der Waals surface area contributed by atoms with Crippen molar-refractivity contribution >= 4 is 23.4 Å². The first-order valence-electron chi connectivity index (χ1n) is 8.08. The van der Waals surface area contributed by atoms with Crippen LogP contribution in [-0.4, -0.2) is 36.4 Å². The molecule has 0 saturated carbocycles. The van der Waals surface area contributed by atoms with E-state index in [1.165, 1.54) is 0 Å². The third-order valence-corrected chi connectivity index (χ3v) is 4.21. The summed E-state index contributed by atoms with van der Waals surface area (Å²) >= 11 is 5.88. The molecule has 1 fully saturated rings. The first-order valence-corrected chi connectivity index (χ1v) is 8.46. The van der Waals surface area contributed by atoms with Crippen LogP contribution in [0.4, 0.5) is 0 Å². The number of ether oxygens (including phenoxy) is 1. The lowest BCUT2D eigenvalue weighted by atomic mass is 10.1. The van der Waals surface area contributed by atoms with Crippen molar-refractivity contribution in [2.45, 2.75) is 13.0 Å². The number of carbonyl (C=O) groups excluding carboxylic acids is 2. The summed E-state index contributed by atoms with van der Waals surface area (Å²) in [6.07, 6.45) is 1.79. The Morgan fingerprint density at radius 1 is 1.36 bits per heavy atom. The molecule has 0 spiro atoms. The Morgan fingerprint density at radius 3 is 3.00 bits per heavy atom. The molecule has 2 heterocycles. The smallest absolute Gasteiger partial charge is 0.225 e. The zero-order chi connectivity index (χ0) is 17.6. The van der Waals surface area contributed by atoms with Crippen molar-refractivity contribution in [3.63, 3.8) is 0 Å². The van der Waals surface area contributed by atoms with Gasteiger partial charge in [0.1, 0.15) is 18.1 Å². The molecule has 1 atom stereocenters. The number of benzene rings is 1. The van der Waals surface area contributed by atoms with Crippen molar-refractivity contribution in [1.82, 2.24) is 10.2 Å². The zero-order valence-corrected chi connectivity index (χ0v) is 14.4. The molecular formula is C18H19ClN2O4. The molecule has 1 aliphatic rings. The highest BCUT2D eigenvalue weighted by molar-refractivity contribution is 6.30. The molecule has 132 valence electrons. The van der Waals surface area contributed by atoms with Crippen molar-refractivity contribution in [2.24, 2.45) is 5.92 Å². The minimum Gasteiger partial charge on any atom is -0.492 e. The highest BCUT2D eigenvalue weighted by Gasteiger charge is 2.34. The molecule has 6 nitrogen and oxygen atoms in total. The monoisotopic (exact) mass is 362 g/mol. The Morgan fingerprint density at radius 2 is 2.24 bits per heavy atom. The van der Waals surface area contributed by atoms with Crippen molar-refractivity contribution in [1.29, 1.82) is 0 Å². The van der Waals surface area contributed by atoms with Gasteiger partial charge in [0.25, 0.3) is 0 Å². The van der Waals surface area contributed by atoms with Crippen molar-refractivity contribution in [3.8, 4) is 5.75 Å². The molecule has 0 bridgehead atoms. The number of nitrogens with one attached hydrogen (secondary N) is 1. The molecule has 1 aliphatic heterocycles. The Kier molecular flexibility index (Phi) is 5.60. The van der Waals surface area contributed by atoms with Crippen LogP contribution in [0.5, 0.6) is 5.75 Å². The maximum atomic E-state index is 12.2. The van der Waals surface area contributed by atoms with E-state index in [-0.39, 0.29) is 24.2 Å². The Balaban J connectivity index is 1.40. The van der Waals surface area contributed by atoms with Crippen molar-refractivity contribution < 1.29 is 18.7 Å². The molecular weight excluding hydrogens is 344 g/mol. The zero-order valence-electron chi connectivity index (χ0n) is 13.6. The van der Waals surface area contributed by atoms with Crippen LogP contribution in [0, 0.1) is 5.92 Å². The molecule has 1 unspecified atom stereocenters. The van der Waals surface area contributed by atoms with E-state index >= 15 is 0 Å². The number of nitrogens with zero attached hydrogens (tertiary/aromatic N) is 1. The van der Waals surface area contributed by atoms with Crippen molar-refractivity contribution in [3.05, 3.63) is 53.4 Å². The van der Waals surface area contributed by atoms with Gasteiger partial charge in [0.2, 0.25) is 11.8 Å². The standard InChI is InChI=1S/C18H19ClN2O4/c19-14-3-1-4-15(10-14)25-8-6-20-18(23)13-9-17(22)21(11-13)12-16-5-2-7-24-16/h1-5,7,10,13H,6,8-9,11-12H2,(H,20,23). The molecule has 2 amide bonds. The van der Waals surface area contributed by atoms with Gasteiger partial charge < -0.3 is 19.4 Å². The molecule has 3 rings (SSSR count). The second-order valence-corrected chi connectivity index (χ2v) is 6.29. The average Bonchev–Trinajstić information content (AvgIpc) is 3.22. The molecule has 25 heavy (non-hydrogen) atoms. The molecule has 1 aromatic carbocycles. The second-order valence-electron chi connectivity index (χ2n) is 5.85. The molecule has 0 radical (unpaired) electrons. The number of hydrogen-bond acceptors (Lipinski definition) is 4. The predicted molar refractivity (Wildman–Crippen MR) is 92.2 cm³/mol. The van der Waals surface area contributed by atoms with Gasteiger partial charge in [0.15, 0.2) is 0 Å². The van der Waals surface area contributed by atoms with Crippen LogP contribution in [-0.2, 0) is 16.1 Å². The van der Waals surface area contributed by atoms with Crippen LogP contribution < -0.4 is 10.1 Å². The largest absolute Gasteiger partial charge is 0.492 e. The number of furan rings is 1. The highest BCUT2D eigenvalue weighted by Crippen LogP contribution is 2.20. The maximum absolute atomic E-state index is 12.2. The summed E-state index contributed by atoms with van der Waals surface area (Å²) in [5.74, 6) is 0.858. The van der Waals surface area contributed by atoms with Gasteiger partial charge in [-0.3, -0.25) is 9.59 Å². The maximum Gasteiger partial charge on any atom is 0.225 e. The van der Waals surface area contributed by atoms with Crippen LogP contribution in [0.1, 0.15) is 12.2 Å².